The number of rotatable bonds is 3. The highest BCUT2D eigenvalue weighted by molar-refractivity contribution is 6.44. The number of hydrogen-bond donors (Lipinski definition) is 1. The number of nitrogens with zero attached hydrogens (tertiary/aromatic N) is 4. The molecule has 28 heavy (non-hydrogen) atoms. The predicted octanol–water partition coefficient (Wildman–Crippen LogP) is 3.67. The molecule has 2 aliphatic rings. The average Bonchev–Trinajstić information content (AvgIpc) is 3.37. The van der Waals surface area contributed by atoms with Crippen LogP contribution in [-0.4, -0.2) is 45.6 Å². The highest BCUT2D eigenvalue weighted by Gasteiger charge is 2.36. The number of H-pyrrole nitrogens is 1. The number of carbonyl (C=O) groups excluding carboxylic acids is 1. The van der Waals surface area contributed by atoms with Crippen LogP contribution in [0.3, 0.4) is 0 Å². The summed E-state index contributed by atoms with van der Waals surface area (Å²) in [6.07, 6.45) is 1.76. The van der Waals surface area contributed by atoms with Crippen molar-refractivity contribution in [2.75, 3.05) is 13.1 Å². The minimum absolute atomic E-state index is 0.0313. The second kappa shape index (κ2) is 6.27. The van der Waals surface area contributed by atoms with Crippen LogP contribution in [0.2, 0.25) is 0 Å². The first kappa shape index (κ1) is 16.6. The van der Waals surface area contributed by atoms with Crippen molar-refractivity contribution < 1.29 is 4.79 Å². The molecule has 6 heteroatoms. The van der Waals surface area contributed by atoms with E-state index in [4.69, 9.17) is 9.98 Å². The second-order valence-electron chi connectivity index (χ2n) is 6.78. The number of fused-ring (bicyclic) bond motifs is 4. The summed E-state index contributed by atoms with van der Waals surface area (Å²) in [5.74, 6) is 0.630. The minimum Gasteiger partial charge on any atom is -0.341 e. The summed E-state index contributed by atoms with van der Waals surface area (Å²) in [6, 6.07) is 13.5. The quantitative estimate of drug-likeness (QED) is 0.765. The number of benzene rings is 2. The number of nitrogens with one attached hydrogen (secondary N) is 1. The zero-order chi connectivity index (χ0) is 19.3. The van der Waals surface area contributed by atoms with Crippen molar-refractivity contribution in [3.63, 3.8) is 0 Å². The van der Waals surface area contributed by atoms with E-state index in [1.165, 1.54) is 0 Å². The lowest BCUT2D eigenvalue weighted by atomic mass is 9.83. The van der Waals surface area contributed by atoms with Crippen molar-refractivity contribution in [1.29, 1.82) is 0 Å². The molecule has 2 heterocycles. The number of ketones is 1. The monoisotopic (exact) mass is 369 g/mol. The molecule has 6 nitrogen and oxygen atoms in total. The molecule has 0 saturated heterocycles. The molecule has 0 radical (unpaired) electrons. The maximum atomic E-state index is 13.5. The molecule has 1 aliphatic carbocycles. The zero-order valence-electron chi connectivity index (χ0n) is 15.7. The molecule has 5 rings (SSSR count). The maximum absolute atomic E-state index is 13.5. The van der Waals surface area contributed by atoms with Crippen LogP contribution in [0.15, 0.2) is 64.3 Å². The maximum Gasteiger partial charge on any atom is 0.226 e. The third-order valence-electron chi connectivity index (χ3n) is 5.33. The van der Waals surface area contributed by atoms with E-state index in [-0.39, 0.29) is 5.78 Å². The molecule has 138 valence electrons. The van der Waals surface area contributed by atoms with Crippen LogP contribution in [0.5, 0.6) is 0 Å². The molecule has 0 unspecified atom stereocenters. The van der Waals surface area contributed by atoms with E-state index >= 15 is 0 Å². The number of guanidine groups is 1. The van der Waals surface area contributed by atoms with Gasteiger partial charge in [0.2, 0.25) is 5.96 Å². The second-order valence-corrected chi connectivity index (χ2v) is 6.78. The van der Waals surface area contributed by atoms with Gasteiger partial charge in [0, 0.05) is 35.2 Å². The molecule has 3 aromatic rings. The van der Waals surface area contributed by atoms with Crippen LogP contribution < -0.4 is 0 Å². The van der Waals surface area contributed by atoms with Crippen molar-refractivity contribution >= 4 is 33.9 Å². The smallest absolute Gasteiger partial charge is 0.226 e. The van der Waals surface area contributed by atoms with Gasteiger partial charge >= 0.3 is 0 Å². The Morgan fingerprint density at radius 2 is 1.68 bits per heavy atom. The third kappa shape index (κ3) is 2.27. The molecule has 0 fully saturated rings. The number of aromatic nitrogens is 2. The van der Waals surface area contributed by atoms with Crippen LogP contribution >= 0.6 is 0 Å². The summed E-state index contributed by atoms with van der Waals surface area (Å²) in [6.45, 7) is 5.77. The van der Waals surface area contributed by atoms with E-state index in [2.05, 4.69) is 28.9 Å². The molecule has 0 atom stereocenters. The van der Waals surface area contributed by atoms with Gasteiger partial charge < -0.3 is 4.90 Å². The van der Waals surface area contributed by atoms with Crippen LogP contribution in [0.4, 0.5) is 0 Å². The van der Waals surface area contributed by atoms with Gasteiger partial charge in [0.05, 0.1) is 17.3 Å². The summed E-state index contributed by atoms with van der Waals surface area (Å²) in [7, 11) is 0. The molecule has 0 amide bonds. The van der Waals surface area contributed by atoms with Gasteiger partial charge in [0.1, 0.15) is 11.4 Å². The van der Waals surface area contributed by atoms with Crippen molar-refractivity contribution in [1.82, 2.24) is 15.1 Å². The first-order valence-corrected chi connectivity index (χ1v) is 9.46. The Bertz CT molecular complexity index is 1210. The number of hydrogen-bond acceptors (Lipinski definition) is 5. The van der Waals surface area contributed by atoms with Crippen molar-refractivity contribution in [3.05, 3.63) is 71.0 Å². The van der Waals surface area contributed by atoms with E-state index in [0.717, 1.165) is 40.8 Å². The molecular weight excluding hydrogens is 350 g/mol. The molecule has 2 aromatic carbocycles. The lowest BCUT2D eigenvalue weighted by Crippen LogP contribution is -2.28. The molecular formula is C22H19N5O. The SMILES string of the molecule is CCN(CC)C1=NC2=C(c3cccc4cn[nH]c34)C(=O)c3ccccc3C2=N1. The van der Waals surface area contributed by atoms with Gasteiger partial charge in [-0.1, -0.05) is 42.5 Å². The molecule has 1 aliphatic heterocycles. The number of Topliss-reactive ketones (excluding diaryl/α,β-unsaturated/α-hetero) is 1. The van der Waals surface area contributed by atoms with Gasteiger partial charge in [-0.05, 0) is 13.8 Å². The Labute approximate surface area is 162 Å². The van der Waals surface area contributed by atoms with Gasteiger partial charge in [-0.2, -0.15) is 5.10 Å². The highest BCUT2D eigenvalue weighted by Crippen LogP contribution is 2.38. The summed E-state index contributed by atoms with van der Waals surface area (Å²) in [5.41, 5.74) is 5.14. The fourth-order valence-corrected chi connectivity index (χ4v) is 3.90. The Balaban J connectivity index is 1.82. The van der Waals surface area contributed by atoms with Crippen molar-refractivity contribution in [2.45, 2.75) is 13.8 Å². The van der Waals surface area contributed by atoms with E-state index in [1.54, 1.807) is 6.20 Å². The van der Waals surface area contributed by atoms with E-state index < -0.39 is 0 Å². The first-order chi connectivity index (χ1) is 13.7. The fraction of sp³-hybridized carbons (Fsp3) is 0.182. The Kier molecular flexibility index (Phi) is 3.72. The van der Waals surface area contributed by atoms with Crippen molar-refractivity contribution in [2.24, 2.45) is 9.98 Å². The standard InChI is InChI=1S/C22H19N5O/c1-3-27(4-2)22-24-19-14-9-5-6-10-15(14)21(28)17(20(19)25-22)16-11-7-8-13-12-23-26-18(13)16/h5-12H,3-4H2,1-2H3,(H,23,26). The average molecular weight is 369 g/mol. The number of aliphatic imine (C=N–C) groups is 2. The molecule has 0 saturated carbocycles. The number of carbonyl (C=O) groups is 1. The van der Waals surface area contributed by atoms with Gasteiger partial charge in [-0.25, -0.2) is 9.98 Å². The lowest BCUT2D eigenvalue weighted by Gasteiger charge is -2.19. The summed E-state index contributed by atoms with van der Waals surface area (Å²) < 4.78 is 0. The molecule has 1 N–H and O–H groups in total. The predicted molar refractivity (Wildman–Crippen MR) is 111 cm³/mol. The summed E-state index contributed by atoms with van der Waals surface area (Å²) in [5, 5.41) is 8.14. The molecule has 0 spiro atoms. The third-order valence-corrected chi connectivity index (χ3v) is 5.33. The number of allylic oxidation sites excluding steroid dienone is 2. The van der Waals surface area contributed by atoms with E-state index in [9.17, 15) is 4.79 Å². The van der Waals surface area contributed by atoms with Gasteiger partial charge in [-0.15, -0.1) is 0 Å². The lowest BCUT2D eigenvalue weighted by molar-refractivity contribution is 0.105. The molecule has 0 bridgehead atoms. The van der Waals surface area contributed by atoms with Crippen LogP contribution in [0, 0.1) is 0 Å². The Morgan fingerprint density at radius 1 is 0.929 bits per heavy atom. The normalized spacial score (nSPS) is 15.4. The van der Waals surface area contributed by atoms with Crippen LogP contribution in [0.1, 0.15) is 35.3 Å². The molecule has 1 aromatic heterocycles. The largest absolute Gasteiger partial charge is 0.341 e. The summed E-state index contributed by atoms with van der Waals surface area (Å²) >= 11 is 0. The fourth-order valence-electron chi connectivity index (χ4n) is 3.90. The topological polar surface area (TPSA) is 73.7 Å². The first-order valence-electron chi connectivity index (χ1n) is 9.46. The number of para-hydroxylation sites is 1. The van der Waals surface area contributed by atoms with E-state index in [1.807, 2.05) is 42.5 Å². The highest BCUT2D eigenvalue weighted by atomic mass is 16.1. The minimum atomic E-state index is -0.0313. The van der Waals surface area contributed by atoms with Crippen molar-refractivity contribution in [3.8, 4) is 0 Å². The zero-order valence-corrected chi connectivity index (χ0v) is 15.7. The van der Waals surface area contributed by atoms with Gasteiger partial charge in [-0.3, -0.25) is 9.89 Å². The van der Waals surface area contributed by atoms with Gasteiger partial charge in [0.25, 0.3) is 0 Å². The van der Waals surface area contributed by atoms with Crippen LogP contribution in [0.25, 0.3) is 16.5 Å². The summed E-state index contributed by atoms with van der Waals surface area (Å²) in [4.78, 5) is 25.2. The Hall–Kier alpha value is -3.54. The number of aromatic amines is 1. The van der Waals surface area contributed by atoms with Crippen LogP contribution in [-0.2, 0) is 0 Å². The van der Waals surface area contributed by atoms with Gasteiger partial charge in [0.15, 0.2) is 5.78 Å². The Morgan fingerprint density at radius 3 is 2.46 bits per heavy atom. The van der Waals surface area contributed by atoms with E-state index in [0.29, 0.717) is 22.8 Å².